The van der Waals surface area contributed by atoms with Crippen molar-refractivity contribution in [2.45, 2.75) is 6.18 Å². The predicted molar refractivity (Wildman–Crippen MR) is 67.8 cm³/mol. The van der Waals surface area contributed by atoms with E-state index < -0.39 is 34.0 Å². The number of rotatable bonds is 3. The highest BCUT2D eigenvalue weighted by Gasteiger charge is 2.34. The number of alkyl halides is 3. The molecule has 10 heteroatoms. The zero-order chi connectivity index (χ0) is 15.6. The van der Waals surface area contributed by atoms with Crippen LogP contribution in [0.5, 0.6) is 0 Å². The third-order valence-electron chi connectivity index (χ3n) is 2.52. The van der Waals surface area contributed by atoms with Crippen molar-refractivity contribution in [3.8, 4) is 0 Å². The van der Waals surface area contributed by atoms with E-state index >= 15 is 0 Å². The fraction of sp³-hybridized carbons (Fsp3) is 0.0909. The Bertz CT molecular complexity index is 690. The molecule has 7 nitrogen and oxygen atoms in total. The average molecular weight is 299 g/mol. The van der Waals surface area contributed by atoms with Crippen LogP contribution in [0.1, 0.15) is 5.56 Å². The molecule has 0 saturated heterocycles. The van der Waals surface area contributed by atoms with Crippen LogP contribution in [0.15, 0.2) is 30.6 Å². The van der Waals surface area contributed by atoms with E-state index in [1.165, 1.54) is 12.1 Å². The summed E-state index contributed by atoms with van der Waals surface area (Å²) in [5.41, 5.74) is 3.31. The summed E-state index contributed by atoms with van der Waals surface area (Å²) < 4.78 is 38.6. The minimum atomic E-state index is -4.61. The van der Waals surface area contributed by atoms with Gasteiger partial charge in [0.05, 0.1) is 16.2 Å². The Kier molecular flexibility index (Phi) is 3.61. The number of nitrogens with two attached hydrogens (primary N) is 1. The van der Waals surface area contributed by atoms with Crippen molar-refractivity contribution in [1.82, 2.24) is 9.97 Å². The van der Waals surface area contributed by atoms with Gasteiger partial charge in [-0.1, -0.05) is 12.1 Å². The van der Waals surface area contributed by atoms with Crippen LogP contribution in [0.3, 0.4) is 0 Å². The molecule has 0 aliphatic heterocycles. The molecule has 0 radical (unpaired) electrons. The van der Waals surface area contributed by atoms with E-state index in [4.69, 9.17) is 5.73 Å². The van der Waals surface area contributed by atoms with Gasteiger partial charge in [0.15, 0.2) is 0 Å². The molecule has 0 amide bonds. The fourth-order valence-electron chi connectivity index (χ4n) is 1.63. The fourth-order valence-corrected chi connectivity index (χ4v) is 1.63. The van der Waals surface area contributed by atoms with Crippen molar-refractivity contribution < 1.29 is 18.1 Å². The first-order valence-corrected chi connectivity index (χ1v) is 5.49. The maximum absolute atomic E-state index is 12.9. The van der Waals surface area contributed by atoms with Crippen LogP contribution in [0.2, 0.25) is 0 Å². The second-order valence-corrected chi connectivity index (χ2v) is 3.88. The van der Waals surface area contributed by atoms with Gasteiger partial charge in [-0.3, -0.25) is 10.1 Å². The number of nitrogen functional groups attached to an aromatic ring is 1. The monoisotopic (exact) mass is 299 g/mol. The second-order valence-electron chi connectivity index (χ2n) is 3.88. The standard InChI is InChI=1S/C11H8F3N5O2/c12-11(13,14)6-3-1-2-4-7(6)18-10-8(19(20)21)9(15)16-5-17-10/h1-5H,(H3,15,16,17,18). The number of hydrogen-bond donors (Lipinski definition) is 2. The van der Waals surface area contributed by atoms with Crippen molar-refractivity contribution in [3.63, 3.8) is 0 Å². The van der Waals surface area contributed by atoms with E-state index in [0.29, 0.717) is 0 Å². The highest BCUT2D eigenvalue weighted by Crippen LogP contribution is 2.37. The first-order chi connectivity index (χ1) is 9.80. The summed E-state index contributed by atoms with van der Waals surface area (Å²) in [6, 6.07) is 4.54. The minimum absolute atomic E-state index is 0.369. The largest absolute Gasteiger partial charge is 0.418 e. The summed E-state index contributed by atoms with van der Waals surface area (Å²) in [5.74, 6) is -0.855. The third-order valence-corrected chi connectivity index (χ3v) is 2.52. The molecule has 110 valence electrons. The molecule has 0 spiro atoms. The summed E-state index contributed by atoms with van der Waals surface area (Å²) in [6.45, 7) is 0. The van der Waals surface area contributed by atoms with E-state index in [0.717, 1.165) is 18.5 Å². The molecule has 1 aromatic heterocycles. The normalized spacial score (nSPS) is 11.2. The van der Waals surface area contributed by atoms with Crippen LogP contribution in [0.25, 0.3) is 0 Å². The number of nitro groups is 1. The molecule has 0 fully saturated rings. The maximum Gasteiger partial charge on any atom is 0.418 e. The summed E-state index contributed by atoms with van der Waals surface area (Å²) >= 11 is 0. The number of benzene rings is 1. The lowest BCUT2D eigenvalue weighted by atomic mass is 10.1. The molecule has 1 aromatic carbocycles. The van der Waals surface area contributed by atoms with E-state index in [1.54, 1.807) is 0 Å². The Morgan fingerprint density at radius 3 is 2.52 bits per heavy atom. The molecular formula is C11H8F3N5O2. The number of para-hydroxylation sites is 1. The van der Waals surface area contributed by atoms with Crippen molar-refractivity contribution in [2.24, 2.45) is 0 Å². The summed E-state index contributed by atoms with van der Waals surface area (Å²) in [7, 11) is 0. The molecule has 0 unspecified atom stereocenters. The molecule has 0 aliphatic rings. The van der Waals surface area contributed by atoms with Gasteiger partial charge in [0.1, 0.15) is 6.33 Å². The van der Waals surface area contributed by atoms with Gasteiger partial charge in [0.25, 0.3) is 0 Å². The Morgan fingerprint density at radius 2 is 1.90 bits per heavy atom. The van der Waals surface area contributed by atoms with Crippen molar-refractivity contribution in [1.29, 1.82) is 0 Å². The van der Waals surface area contributed by atoms with Crippen molar-refractivity contribution >= 4 is 23.0 Å². The van der Waals surface area contributed by atoms with Crippen LogP contribution in [0, 0.1) is 10.1 Å². The lowest BCUT2D eigenvalue weighted by Gasteiger charge is -2.13. The number of hydrogen-bond acceptors (Lipinski definition) is 6. The maximum atomic E-state index is 12.9. The summed E-state index contributed by atoms with van der Waals surface area (Å²) in [5, 5.41) is 13.2. The average Bonchev–Trinajstić information content (AvgIpc) is 2.37. The molecule has 21 heavy (non-hydrogen) atoms. The van der Waals surface area contributed by atoms with E-state index in [9.17, 15) is 23.3 Å². The molecule has 1 heterocycles. The minimum Gasteiger partial charge on any atom is -0.378 e. The molecule has 0 saturated carbocycles. The van der Waals surface area contributed by atoms with Crippen LogP contribution >= 0.6 is 0 Å². The molecule has 2 rings (SSSR count). The number of nitrogens with zero attached hydrogens (tertiary/aromatic N) is 3. The second kappa shape index (κ2) is 5.23. The number of aromatic nitrogens is 2. The Morgan fingerprint density at radius 1 is 1.24 bits per heavy atom. The molecule has 3 N–H and O–H groups in total. The summed E-state index contributed by atoms with van der Waals surface area (Å²) in [4.78, 5) is 17.0. The predicted octanol–water partition coefficient (Wildman–Crippen LogP) is 2.73. The van der Waals surface area contributed by atoms with Gasteiger partial charge in [-0.05, 0) is 12.1 Å². The number of anilines is 3. The third kappa shape index (κ3) is 2.99. The van der Waals surface area contributed by atoms with Crippen LogP contribution < -0.4 is 11.1 Å². The molecule has 0 atom stereocenters. The molecule has 0 bridgehead atoms. The van der Waals surface area contributed by atoms with Gasteiger partial charge in [-0.15, -0.1) is 0 Å². The van der Waals surface area contributed by atoms with Gasteiger partial charge in [0, 0.05) is 0 Å². The summed E-state index contributed by atoms with van der Waals surface area (Å²) in [6.07, 6.45) is -3.70. The topological polar surface area (TPSA) is 107 Å². The lowest BCUT2D eigenvalue weighted by Crippen LogP contribution is -2.10. The number of halogens is 3. The highest BCUT2D eigenvalue weighted by molar-refractivity contribution is 5.73. The van der Waals surface area contributed by atoms with Gasteiger partial charge in [-0.2, -0.15) is 13.2 Å². The highest BCUT2D eigenvalue weighted by atomic mass is 19.4. The zero-order valence-electron chi connectivity index (χ0n) is 10.3. The first kappa shape index (κ1) is 14.5. The number of nitrogens with one attached hydrogen (secondary N) is 1. The van der Waals surface area contributed by atoms with E-state index in [-0.39, 0.29) is 5.69 Å². The van der Waals surface area contributed by atoms with Crippen LogP contribution in [0.4, 0.5) is 36.2 Å². The van der Waals surface area contributed by atoms with Crippen LogP contribution in [-0.4, -0.2) is 14.9 Å². The quantitative estimate of drug-likeness (QED) is 0.666. The van der Waals surface area contributed by atoms with E-state index in [2.05, 4.69) is 15.3 Å². The van der Waals surface area contributed by atoms with Gasteiger partial charge >= 0.3 is 11.9 Å². The Labute approximate surface area is 115 Å². The van der Waals surface area contributed by atoms with Crippen molar-refractivity contribution in [2.75, 3.05) is 11.1 Å². The van der Waals surface area contributed by atoms with Crippen LogP contribution in [-0.2, 0) is 6.18 Å². The van der Waals surface area contributed by atoms with E-state index in [1.807, 2.05) is 0 Å². The molecule has 2 aromatic rings. The molecular weight excluding hydrogens is 291 g/mol. The van der Waals surface area contributed by atoms with Gasteiger partial charge < -0.3 is 11.1 Å². The lowest BCUT2D eigenvalue weighted by molar-refractivity contribution is -0.383. The van der Waals surface area contributed by atoms with Gasteiger partial charge in [-0.25, -0.2) is 9.97 Å². The first-order valence-electron chi connectivity index (χ1n) is 5.49. The van der Waals surface area contributed by atoms with Gasteiger partial charge in [0.2, 0.25) is 11.6 Å². The Balaban J connectivity index is 2.50. The SMILES string of the molecule is Nc1ncnc(Nc2ccccc2C(F)(F)F)c1[N+](=O)[O-]. The van der Waals surface area contributed by atoms with Crippen molar-refractivity contribution in [3.05, 3.63) is 46.3 Å². The zero-order valence-corrected chi connectivity index (χ0v) is 10.3. The molecule has 0 aliphatic carbocycles. The Hall–Kier alpha value is -2.91. The smallest absolute Gasteiger partial charge is 0.378 e.